The Labute approximate surface area is 245 Å². The second-order valence-electron chi connectivity index (χ2n) is 11.5. The molecule has 42 heavy (non-hydrogen) atoms. The van der Waals surface area contributed by atoms with Gasteiger partial charge >= 0.3 is 5.97 Å². The van der Waals surface area contributed by atoms with Crippen molar-refractivity contribution >= 4 is 14.3 Å². The number of nitrogens with zero attached hydrogens (tertiary/aromatic N) is 7. The Balaban J connectivity index is 0.000000169. The van der Waals surface area contributed by atoms with Gasteiger partial charge in [0.25, 0.3) is 0 Å². The summed E-state index contributed by atoms with van der Waals surface area (Å²) in [5.41, 5.74) is 4.96. The molecule has 2 saturated carbocycles. The summed E-state index contributed by atoms with van der Waals surface area (Å²) in [6, 6.07) is 18.0. The van der Waals surface area contributed by atoms with E-state index in [4.69, 9.17) is 4.43 Å². The molecule has 0 amide bonds. The first kappa shape index (κ1) is 29.3. The van der Waals surface area contributed by atoms with Crippen LogP contribution in [-0.2, 0) is 14.0 Å². The third-order valence-corrected chi connectivity index (χ3v) is 7.75. The van der Waals surface area contributed by atoms with Gasteiger partial charge in [-0.3, -0.25) is 0 Å². The first-order valence-corrected chi connectivity index (χ1v) is 17.4. The molecule has 0 spiro atoms. The van der Waals surface area contributed by atoms with Gasteiger partial charge in [-0.2, -0.15) is 35.2 Å². The average molecular weight is 586 g/mol. The maximum Gasteiger partial charge on any atom is 0.339 e. The highest BCUT2D eigenvalue weighted by molar-refractivity contribution is 6.69. The fraction of sp³-hybridized carbons (Fsp3) is 0.400. The van der Waals surface area contributed by atoms with Crippen LogP contribution in [0.2, 0.25) is 19.6 Å². The average Bonchev–Trinajstić information content (AvgIpc) is 3.93. The van der Waals surface area contributed by atoms with E-state index < -0.39 is 26.5 Å². The van der Waals surface area contributed by atoms with Crippen LogP contribution in [0.3, 0.4) is 0 Å². The molecule has 0 aliphatic heterocycles. The number of methoxy groups -OCH3 is 1. The van der Waals surface area contributed by atoms with Crippen LogP contribution in [-0.4, -0.2) is 56.5 Å². The molecule has 11 nitrogen and oxygen atoms in total. The highest BCUT2D eigenvalue weighted by Gasteiger charge is 2.27. The third kappa shape index (κ3) is 7.36. The molecule has 6 rings (SSSR count). The number of hydrogen-bond donors (Lipinski definition) is 1. The number of nitriles is 1. The Hall–Kier alpha value is -4.18. The minimum atomic E-state index is -1.75. The Morgan fingerprint density at radius 1 is 0.881 bits per heavy atom. The zero-order chi connectivity index (χ0) is 29.9. The Bertz CT molecular complexity index is 1550. The lowest BCUT2D eigenvalue weighted by Crippen LogP contribution is -2.27. The highest BCUT2D eigenvalue weighted by Crippen LogP contribution is 2.35. The quantitative estimate of drug-likeness (QED) is 0.208. The van der Waals surface area contributed by atoms with Crippen molar-refractivity contribution in [2.24, 2.45) is 0 Å². The van der Waals surface area contributed by atoms with Gasteiger partial charge in [-0.15, -0.1) is 0 Å². The molecule has 2 aliphatic rings. The highest BCUT2D eigenvalue weighted by atomic mass is 28.4. The molecular weight excluding hydrogens is 550 g/mol. The molecule has 2 aliphatic carbocycles. The number of aliphatic hydroxyl groups excluding tert-OH is 1. The van der Waals surface area contributed by atoms with Crippen molar-refractivity contribution in [1.29, 1.82) is 5.26 Å². The Kier molecular flexibility index (Phi) is 8.63. The standard InChI is InChI=1S/C16H20N4OSi.C14H15N3O3/c1-22(2,3)21-16(10-17)13-6-4-12(5-7-13)15-11-18-20(19-15)14-8-9-14;1-20-14(19)13(18)10-4-2-9(3-5-10)12-8-15-17(16-12)11-6-7-11/h4-7,11,14,16H,8-9H2,1-3H3;2-5,8,11,13,18H,6-7H2,1H3. The summed E-state index contributed by atoms with van der Waals surface area (Å²) in [5, 5.41) is 36.5. The lowest BCUT2D eigenvalue weighted by atomic mass is 10.1. The summed E-state index contributed by atoms with van der Waals surface area (Å²) in [6.45, 7) is 6.26. The lowest BCUT2D eigenvalue weighted by molar-refractivity contribution is -0.150. The van der Waals surface area contributed by atoms with E-state index in [2.05, 4.69) is 50.8 Å². The van der Waals surface area contributed by atoms with Crippen LogP contribution in [0.5, 0.6) is 0 Å². The van der Waals surface area contributed by atoms with Crippen molar-refractivity contribution in [3.63, 3.8) is 0 Å². The zero-order valence-electron chi connectivity index (χ0n) is 24.2. The zero-order valence-corrected chi connectivity index (χ0v) is 25.2. The largest absolute Gasteiger partial charge is 0.467 e. The molecular formula is C30H35N7O4Si. The van der Waals surface area contributed by atoms with E-state index in [-0.39, 0.29) is 0 Å². The molecule has 2 heterocycles. The molecule has 2 unspecified atom stereocenters. The second kappa shape index (κ2) is 12.4. The smallest absolute Gasteiger partial charge is 0.339 e. The van der Waals surface area contributed by atoms with Gasteiger partial charge < -0.3 is 14.3 Å². The van der Waals surface area contributed by atoms with Crippen LogP contribution in [0.1, 0.15) is 61.1 Å². The first-order chi connectivity index (χ1) is 20.1. The molecule has 0 saturated heterocycles. The number of aliphatic hydroxyl groups is 1. The molecule has 0 radical (unpaired) electrons. The van der Waals surface area contributed by atoms with Crippen LogP contribution < -0.4 is 0 Å². The van der Waals surface area contributed by atoms with Gasteiger partial charge in [-0.05, 0) is 56.5 Å². The predicted octanol–water partition coefficient (Wildman–Crippen LogP) is 5.18. The van der Waals surface area contributed by atoms with E-state index >= 15 is 0 Å². The fourth-order valence-electron chi connectivity index (χ4n) is 4.21. The van der Waals surface area contributed by atoms with Crippen molar-refractivity contribution in [3.05, 3.63) is 72.1 Å². The number of carbonyl (C=O) groups excluding carboxylic acids is 1. The number of rotatable bonds is 9. The van der Waals surface area contributed by atoms with E-state index in [1.54, 1.807) is 34.1 Å². The van der Waals surface area contributed by atoms with E-state index in [9.17, 15) is 15.2 Å². The van der Waals surface area contributed by atoms with Crippen molar-refractivity contribution < 1.29 is 19.1 Å². The van der Waals surface area contributed by atoms with Crippen LogP contribution in [0.4, 0.5) is 0 Å². The van der Waals surface area contributed by atoms with Gasteiger partial charge in [0.1, 0.15) is 11.4 Å². The Morgan fingerprint density at radius 2 is 1.33 bits per heavy atom. The maximum atomic E-state index is 11.3. The van der Waals surface area contributed by atoms with E-state index in [0.717, 1.165) is 40.9 Å². The number of ether oxygens (including phenoxy) is 1. The summed E-state index contributed by atoms with van der Waals surface area (Å²) >= 11 is 0. The number of benzene rings is 2. The summed E-state index contributed by atoms with van der Waals surface area (Å²) in [5.74, 6) is -0.669. The monoisotopic (exact) mass is 585 g/mol. The number of aromatic nitrogens is 6. The number of carbonyl (C=O) groups is 1. The minimum Gasteiger partial charge on any atom is -0.467 e. The normalized spacial score (nSPS) is 16.1. The second-order valence-corrected chi connectivity index (χ2v) is 15.9. The summed E-state index contributed by atoms with van der Waals surface area (Å²) in [4.78, 5) is 14.8. The Morgan fingerprint density at radius 3 is 1.71 bits per heavy atom. The van der Waals surface area contributed by atoms with Crippen molar-refractivity contribution in [2.45, 2.75) is 69.6 Å². The molecule has 12 heteroatoms. The SMILES string of the molecule is COC(=O)C(O)c1ccc(-c2cnn(C3CC3)n2)cc1.C[Si](C)(C)OC(C#N)c1ccc(-c2cnn(C3CC3)n2)cc1. The molecule has 2 aromatic heterocycles. The van der Waals surface area contributed by atoms with Gasteiger partial charge in [-0.25, -0.2) is 4.79 Å². The molecule has 2 atom stereocenters. The topological polar surface area (TPSA) is 141 Å². The van der Waals surface area contributed by atoms with E-state index in [0.29, 0.717) is 17.6 Å². The van der Waals surface area contributed by atoms with E-state index in [1.165, 1.54) is 20.0 Å². The lowest BCUT2D eigenvalue weighted by Gasteiger charge is -2.21. The van der Waals surface area contributed by atoms with Gasteiger partial charge in [0.05, 0.1) is 37.7 Å². The van der Waals surface area contributed by atoms with Gasteiger partial charge in [-0.1, -0.05) is 48.5 Å². The van der Waals surface area contributed by atoms with Crippen molar-refractivity contribution in [2.75, 3.05) is 7.11 Å². The molecule has 0 bridgehead atoms. The molecule has 2 aromatic carbocycles. The summed E-state index contributed by atoms with van der Waals surface area (Å²) in [7, 11) is -0.506. The van der Waals surface area contributed by atoms with Gasteiger partial charge in [0, 0.05) is 11.1 Å². The first-order valence-electron chi connectivity index (χ1n) is 14.0. The molecule has 218 valence electrons. The van der Waals surface area contributed by atoms with Crippen LogP contribution in [0.25, 0.3) is 22.5 Å². The van der Waals surface area contributed by atoms with Crippen LogP contribution in [0, 0.1) is 11.3 Å². The fourth-order valence-corrected chi connectivity index (χ4v) is 5.11. The van der Waals surface area contributed by atoms with Crippen LogP contribution >= 0.6 is 0 Å². The minimum absolute atomic E-state index is 0.448. The van der Waals surface area contributed by atoms with Gasteiger partial charge in [0.15, 0.2) is 20.5 Å². The van der Waals surface area contributed by atoms with Crippen molar-refractivity contribution in [1.82, 2.24) is 30.0 Å². The summed E-state index contributed by atoms with van der Waals surface area (Å²) in [6.07, 6.45) is 6.39. The maximum absolute atomic E-state index is 11.3. The molecule has 2 fully saturated rings. The third-order valence-electron chi connectivity index (χ3n) is 6.81. The number of hydrogen-bond acceptors (Lipinski definition) is 9. The molecule has 4 aromatic rings. The number of esters is 1. The molecule has 1 N–H and O–H groups in total. The van der Waals surface area contributed by atoms with Gasteiger partial charge in [0.2, 0.25) is 0 Å². The predicted molar refractivity (Wildman–Crippen MR) is 157 cm³/mol. The van der Waals surface area contributed by atoms with Crippen molar-refractivity contribution in [3.8, 4) is 28.6 Å². The van der Waals surface area contributed by atoms with E-state index in [1.807, 2.05) is 36.4 Å². The summed E-state index contributed by atoms with van der Waals surface area (Å²) < 4.78 is 10.4. The van der Waals surface area contributed by atoms with Crippen LogP contribution in [0.15, 0.2) is 60.9 Å².